The normalized spacial score (nSPS) is 13.4. The Bertz CT molecular complexity index is 535. The minimum Gasteiger partial charge on any atom is -0.0744 e. The highest BCUT2D eigenvalue weighted by Crippen LogP contribution is 2.38. The molecule has 0 radical (unpaired) electrons. The summed E-state index contributed by atoms with van der Waals surface area (Å²) in [5.41, 5.74) is 9.27. The van der Waals surface area contributed by atoms with Gasteiger partial charge < -0.3 is 0 Å². The number of rotatable bonds is 4. The third-order valence-electron chi connectivity index (χ3n) is 2.72. The highest BCUT2D eigenvalue weighted by molar-refractivity contribution is 14.1. The highest BCUT2D eigenvalue weighted by Gasteiger charge is 2.26. The van der Waals surface area contributed by atoms with Crippen LogP contribution in [0.25, 0.3) is 0 Å². The first-order chi connectivity index (χ1) is 8.83. The molecule has 0 aromatic heterocycles. The van der Waals surface area contributed by atoms with E-state index in [1.807, 2.05) is 48.5 Å². The molecule has 0 bridgehead atoms. The van der Waals surface area contributed by atoms with Crippen molar-refractivity contribution in [2.24, 2.45) is 5.11 Å². The number of alkyl halides is 1. The number of hydrogen-bond acceptors (Lipinski definition) is 2. The predicted molar refractivity (Wildman–Crippen MR) is 79.7 cm³/mol. The first-order valence-corrected chi connectivity index (χ1v) is 6.88. The minimum atomic E-state index is -0.119. The van der Waals surface area contributed by atoms with E-state index in [0.717, 1.165) is 5.56 Å². The summed E-state index contributed by atoms with van der Waals surface area (Å²) in [4.78, 5) is 3.23. The van der Waals surface area contributed by atoms with E-state index in [1.165, 1.54) is 5.56 Å². The third kappa shape index (κ3) is 3.03. The lowest BCUT2D eigenvalue weighted by Gasteiger charge is -2.14. The number of benzene rings is 2. The first-order valence-electron chi connectivity index (χ1n) is 5.63. The summed E-state index contributed by atoms with van der Waals surface area (Å²) >= 11 is 2.36. The monoisotopic (exact) mass is 350 g/mol. The molecule has 0 fully saturated rings. The molecule has 0 aliphatic heterocycles. The average Bonchev–Trinajstić information content (AvgIpc) is 2.46. The van der Waals surface area contributed by atoms with Crippen LogP contribution in [0.5, 0.6) is 0 Å². The Kier molecular flexibility index (Phi) is 4.61. The van der Waals surface area contributed by atoms with Crippen molar-refractivity contribution in [3.8, 4) is 0 Å². The van der Waals surface area contributed by atoms with Crippen LogP contribution in [0.1, 0.15) is 21.1 Å². The van der Waals surface area contributed by atoms with Gasteiger partial charge in [0.25, 0.3) is 0 Å². The molecule has 2 atom stereocenters. The molecule has 1 N–H and O–H groups in total. The smallest absolute Gasteiger partial charge is 0.0744 e. The Morgan fingerprint density at radius 3 is 1.89 bits per heavy atom. The van der Waals surface area contributed by atoms with Crippen molar-refractivity contribution < 1.29 is 0 Å². The highest BCUT2D eigenvalue weighted by atomic mass is 127. The fraction of sp³-hybridized carbons (Fsp3) is 0.143. The Hall–Kier alpha value is -1.52. The molecule has 0 saturated carbocycles. The molecule has 2 aromatic rings. The van der Waals surface area contributed by atoms with Crippen molar-refractivity contribution in [1.82, 2.24) is 4.91 Å². The lowest BCUT2D eigenvalue weighted by atomic mass is 10.00. The Morgan fingerprint density at radius 1 is 0.889 bits per heavy atom. The molecular weight excluding hydrogens is 337 g/mol. The Labute approximate surface area is 120 Å². The second-order valence-electron chi connectivity index (χ2n) is 3.88. The van der Waals surface area contributed by atoms with Crippen molar-refractivity contribution in [3.05, 3.63) is 71.8 Å². The molecule has 18 heavy (non-hydrogen) atoms. The SMILES string of the molecule is N=[N+]=NC(c1ccccc1)C(I)c1ccccc1. The predicted octanol–water partition coefficient (Wildman–Crippen LogP) is 4.45. The van der Waals surface area contributed by atoms with Crippen LogP contribution in [-0.2, 0) is 0 Å². The standard InChI is InChI=1S/C14H13IN3/c15-13(11-7-3-1-4-8-11)14(17-18-16)12-9-5-2-6-10-12/h1-10,13-14,16H/q+1. The van der Waals surface area contributed by atoms with E-state index in [9.17, 15) is 0 Å². The zero-order valence-electron chi connectivity index (χ0n) is 9.70. The van der Waals surface area contributed by atoms with Gasteiger partial charge in [-0.05, 0) is 11.1 Å². The molecule has 0 amide bonds. The van der Waals surface area contributed by atoms with Gasteiger partial charge in [-0.1, -0.05) is 83.3 Å². The molecule has 0 saturated heterocycles. The fourth-order valence-electron chi connectivity index (χ4n) is 1.83. The van der Waals surface area contributed by atoms with Gasteiger partial charge in [0.15, 0.2) is 6.04 Å². The van der Waals surface area contributed by atoms with Crippen LogP contribution >= 0.6 is 22.6 Å². The van der Waals surface area contributed by atoms with Gasteiger partial charge in [0.1, 0.15) is 10.6 Å². The van der Waals surface area contributed by atoms with E-state index in [4.69, 9.17) is 5.53 Å². The molecular formula is C14H13IN3+. The van der Waals surface area contributed by atoms with E-state index in [-0.39, 0.29) is 9.97 Å². The lowest BCUT2D eigenvalue weighted by molar-refractivity contribution is 0.659. The maximum Gasteiger partial charge on any atom is 0.214 e. The van der Waals surface area contributed by atoms with Gasteiger partial charge >= 0.3 is 0 Å². The van der Waals surface area contributed by atoms with Crippen LogP contribution in [-0.4, -0.2) is 0 Å². The molecule has 90 valence electrons. The van der Waals surface area contributed by atoms with Crippen molar-refractivity contribution in [1.29, 1.82) is 5.53 Å². The maximum atomic E-state index is 6.99. The van der Waals surface area contributed by atoms with Crippen LogP contribution in [0.15, 0.2) is 65.8 Å². The maximum absolute atomic E-state index is 6.99. The Morgan fingerprint density at radius 2 is 1.39 bits per heavy atom. The molecule has 2 rings (SSSR count). The minimum absolute atomic E-state index is 0.119. The third-order valence-corrected chi connectivity index (χ3v) is 4.12. The number of nitrogens with zero attached hydrogens (tertiary/aromatic N) is 2. The molecule has 0 aliphatic rings. The van der Waals surface area contributed by atoms with Gasteiger partial charge in [0, 0.05) is 0 Å². The Balaban J connectivity index is 2.35. The molecule has 2 unspecified atom stereocenters. The van der Waals surface area contributed by atoms with Gasteiger partial charge in [-0.25, -0.2) is 0 Å². The largest absolute Gasteiger partial charge is 0.214 e. The van der Waals surface area contributed by atoms with E-state index in [0.29, 0.717) is 0 Å². The van der Waals surface area contributed by atoms with E-state index >= 15 is 0 Å². The first kappa shape index (κ1) is 12.9. The quantitative estimate of drug-likeness (QED) is 0.367. The van der Waals surface area contributed by atoms with Gasteiger partial charge in [0.2, 0.25) is 4.91 Å². The van der Waals surface area contributed by atoms with Gasteiger partial charge in [-0.2, -0.15) is 0 Å². The molecule has 0 aliphatic carbocycles. The zero-order valence-corrected chi connectivity index (χ0v) is 11.9. The second kappa shape index (κ2) is 6.42. The van der Waals surface area contributed by atoms with Crippen LogP contribution in [0.3, 0.4) is 0 Å². The van der Waals surface area contributed by atoms with Crippen molar-refractivity contribution in [3.63, 3.8) is 0 Å². The van der Waals surface area contributed by atoms with E-state index < -0.39 is 0 Å². The number of nitrogens with one attached hydrogen (secondary N) is 1. The van der Waals surface area contributed by atoms with Crippen LogP contribution < -0.4 is 4.91 Å². The summed E-state index contributed by atoms with van der Waals surface area (Å²) in [6, 6.07) is 20.0. The van der Waals surface area contributed by atoms with Gasteiger partial charge in [-0.15, -0.1) is 0 Å². The molecule has 4 heteroatoms. The van der Waals surface area contributed by atoms with E-state index in [1.54, 1.807) is 0 Å². The van der Waals surface area contributed by atoms with Crippen molar-refractivity contribution in [2.75, 3.05) is 0 Å². The van der Waals surface area contributed by atoms with Gasteiger partial charge in [0.05, 0.1) is 3.92 Å². The van der Waals surface area contributed by atoms with E-state index in [2.05, 4.69) is 44.7 Å². The number of halogens is 1. The average molecular weight is 350 g/mol. The topological polar surface area (TPSA) is 50.3 Å². The molecule has 2 aromatic carbocycles. The van der Waals surface area contributed by atoms with Crippen molar-refractivity contribution in [2.45, 2.75) is 9.97 Å². The zero-order chi connectivity index (χ0) is 12.8. The molecule has 0 heterocycles. The summed E-state index contributed by atoms with van der Waals surface area (Å²) in [5, 5.41) is 4.05. The van der Waals surface area contributed by atoms with Crippen LogP contribution in [0.4, 0.5) is 0 Å². The van der Waals surface area contributed by atoms with Gasteiger partial charge in [-0.3, -0.25) is 0 Å². The second-order valence-corrected chi connectivity index (χ2v) is 5.23. The molecule has 3 nitrogen and oxygen atoms in total. The van der Waals surface area contributed by atoms with Crippen LogP contribution in [0, 0.1) is 5.53 Å². The summed E-state index contributed by atoms with van der Waals surface area (Å²) in [5.74, 6) is 0. The summed E-state index contributed by atoms with van der Waals surface area (Å²) in [7, 11) is 0. The number of hydrogen-bond donors (Lipinski definition) is 1. The summed E-state index contributed by atoms with van der Waals surface area (Å²) in [6.45, 7) is 0. The molecule has 0 spiro atoms. The summed E-state index contributed by atoms with van der Waals surface area (Å²) < 4.78 is 0.167. The van der Waals surface area contributed by atoms with Crippen molar-refractivity contribution >= 4 is 22.6 Å². The summed E-state index contributed by atoms with van der Waals surface area (Å²) in [6.07, 6.45) is 0. The fourth-order valence-corrected chi connectivity index (χ4v) is 2.80. The van der Waals surface area contributed by atoms with Crippen LogP contribution in [0.2, 0.25) is 0 Å². The lowest BCUT2D eigenvalue weighted by Crippen LogP contribution is -2.03.